The van der Waals surface area contributed by atoms with Gasteiger partial charge < -0.3 is 4.74 Å². The molecule has 0 saturated carbocycles. The molecule has 1 aliphatic rings. The lowest BCUT2D eigenvalue weighted by Gasteiger charge is -2.10. The summed E-state index contributed by atoms with van der Waals surface area (Å²) in [5, 5.41) is 1.02. The first kappa shape index (κ1) is 12.1. The average molecular weight is 275 g/mol. The van der Waals surface area contributed by atoms with Gasteiger partial charge in [0.25, 0.3) is 0 Å². The number of benzene rings is 2. The van der Waals surface area contributed by atoms with Crippen LogP contribution in [0, 0.1) is 6.92 Å². The predicted octanol–water partition coefficient (Wildman–Crippen LogP) is 3.67. The SMILES string of the molecule is Cc1c2c(nc3ccccc13)COc1ccccc1C2=O. The van der Waals surface area contributed by atoms with Gasteiger partial charge in [0.05, 0.1) is 22.3 Å². The van der Waals surface area contributed by atoms with Gasteiger partial charge in [-0.1, -0.05) is 30.3 Å². The monoisotopic (exact) mass is 275 g/mol. The van der Waals surface area contributed by atoms with E-state index in [1.807, 2.05) is 49.4 Å². The van der Waals surface area contributed by atoms with Crippen LogP contribution in [0.3, 0.4) is 0 Å². The average Bonchev–Trinajstić information content (AvgIpc) is 2.66. The quantitative estimate of drug-likeness (QED) is 0.628. The summed E-state index contributed by atoms with van der Waals surface area (Å²) in [5.74, 6) is 0.623. The lowest BCUT2D eigenvalue weighted by atomic mass is 9.95. The smallest absolute Gasteiger partial charge is 0.199 e. The first-order valence-corrected chi connectivity index (χ1v) is 6.90. The fourth-order valence-corrected chi connectivity index (χ4v) is 2.91. The van der Waals surface area contributed by atoms with Crippen molar-refractivity contribution in [3.63, 3.8) is 0 Å². The summed E-state index contributed by atoms with van der Waals surface area (Å²) in [4.78, 5) is 17.5. The van der Waals surface area contributed by atoms with Crippen molar-refractivity contribution in [2.24, 2.45) is 0 Å². The summed E-state index contributed by atoms with van der Waals surface area (Å²) in [5.41, 5.74) is 3.87. The molecule has 4 rings (SSSR count). The summed E-state index contributed by atoms with van der Waals surface area (Å²) in [6.07, 6.45) is 0. The molecule has 21 heavy (non-hydrogen) atoms. The van der Waals surface area contributed by atoms with Crippen molar-refractivity contribution in [2.75, 3.05) is 0 Å². The van der Waals surface area contributed by atoms with Gasteiger partial charge >= 0.3 is 0 Å². The van der Waals surface area contributed by atoms with Crippen LogP contribution in [0.1, 0.15) is 27.2 Å². The number of fused-ring (bicyclic) bond motifs is 3. The van der Waals surface area contributed by atoms with Gasteiger partial charge in [-0.25, -0.2) is 4.98 Å². The van der Waals surface area contributed by atoms with Crippen LogP contribution >= 0.6 is 0 Å². The van der Waals surface area contributed by atoms with E-state index >= 15 is 0 Å². The van der Waals surface area contributed by atoms with Crippen molar-refractivity contribution >= 4 is 16.7 Å². The Morgan fingerprint density at radius 1 is 1.05 bits per heavy atom. The second-order valence-electron chi connectivity index (χ2n) is 5.19. The van der Waals surface area contributed by atoms with Gasteiger partial charge in [-0.05, 0) is 30.7 Å². The third-order valence-electron chi connectivity index (χ3n) is 3.95. The number of pyridine rings is 1. The van der Waals surface area contributed by atoms with Crippen LogP contribution in [-0.4, -0.2) is 10.8 Å². The number of aryl methyl sites for hydroxylation is 1. The number of ketones is 1. The number of para-hydroxylation sites is 2. The van der Waals surface area contributed by atoms with Crippen LogP contribution < -0.4 is 4.74 Å². The third-order valence-corrected chi connectivity index (χ3v) is 3.95. The Labute approximate surface area is 122 Å². The van der Waals surface area contributed by atoms with Crippen molar-refractivity contribution < 1.29 is 9.53 Å². The van der Waals surface area contributed by atoms with Gasteiger partial charge in [0.15, 0.2) is 5.78 Å². The standard InChI is InChI=1S/C18H13NO2/c1-11-12-6-2-4-8-14(12)19-15-10-21-16-9-5-3-7-13(16)18(20)17(11)15/h2-9H,10H2,1H3. The Balaban J connectivity index is 2.05. The molecule has 0 radical (unpaired) electrons. The number of carbonyl (C=O) groups is 1. The number of hydrogen-bond donors (Lipinski definition) is 0. The van der Waals surface area contributed by atoms with Crippen LogP contribution in [0.15, 0.2) is 48.5 Å². The Hall–Kier alpha value is -2.68. The molecule has 3 aromatic rings. The molecule has 0 aliphatic carbocycles. The lowest BCUT2D eigenvalue weighted by Crippen LogP contribution is -2.08. The van der Waals surface area contributed by atoms with Gasteiger partial charge in [0, 0.05) is 5.39 Å². The van der Waals surface area contributed by atoms with E-state index in [9.17, 15) is 4.79 Å². The minimum absolute atomic E-state index is 0.00569. The molecule has 1 aliphatic heterocycles. The number of nitrogens with zero attached hydrogens (tertiary/aromatic N) is 1. The van der Waals surface area contributed by atoms with Gasteiger partial charge in [0.2, 0.25) is 0 Å². The molecule has 0 bridgehead atoms. The third kappa shape index (κ3) is 1.74. The number of rotatable bonds is 0. The number of carbonyl (C=O) groups excluding carboxylic acids is 1. The highest BCUT2D eigenvalue weighted by molar-refractivity contribution is 6.14. The minimum Gasteiger partial charge on any atom is -0.486 e. The topological polar surface area (TPSA) is 39.2 Å². The highest BCUT2D eigenvalue weighted by Crippen LogP contribution is 2.31. The predicted molar refractivity (Wildman–Crippen MR) is 80.7 cm³/mol. The van der Waals surface area contributed by atoms with Gasteiger partial charge in [-0.2, -0.15) is 0 Å². The van der Waals surface area contributed by atoms with E-state index in [1.165, 1.54) is 0 Å². The number of ether oxygens (including phenoxy) is 1. The Bertz CT molecular complexity index is 884. The molecule has 0 N–H and O–H groups in total. The summed E-state index contributed by atoms with van der Waals surface area (Å²) >= 11 is 0. The molecular weight excluding hydrogens is 262 g/mol. The zero-order valence-electron chi connectivity index (χ0n) is 11.6. The van der Waals surface area contributed by atoms with Crippen LogP contribution in [0.2, 0.25) is 0 Å². The van der Waals surface area contributed by atoms with Gasteiger partial charge in [-0.15, -0.1) is 0 Å². The summed E-state index contributed by atoms with van der Waals surface area (Å²) < 4.78 is 5.77. The molecule has 0 atom stereocenters. The van der Waals surface area contributed by atoms with E-state index in [1.54, 1.807) is 6.07 Å². The molecule has 0 unspecified atom stereocenters. The van der Waals surface area contributed by atoms with Crippen molar-refractivity contribution in [3.05, 3.63) is 70.9 Å². The fraction of sp³-hybridized carbons (Fsp3) is 0.111. The van der Waals surface area contributed by atoms with Gasteiger partial charge in [0.1, 0.15) is 12.4 Å². The Morgan fingerprint density at radius 2 is 1.81 bits per heavy atom. The molecular formula is C18H13NO2. The van der Waals surface area contributed by atoms with Crippen molar-refractivity contribution in [1.29, 1.82) is 0 Å². The van der Waals surface area contributed by atoms with Crippen molar-refractivity contribution in [1.82, 2.24) is 4.98 Å². The van der Waals surface area contributed by atoms with E-state index < -0.39 is 0 Å². The second kappa shape index (κ2) is 4.42. The molecule has 3 heteroatoms. The van der Waals surface area contributed by atoms with Crippen LogP contribution in [-0.2, 0) is 6.61 Å². The van der Waals surface area contributed by atoms with Crippen LogP contribution in [0.4, 0.5) is 0 Å². The molecule has 0 amide bonds. The zero-order chi connectivity index (χ0) is 14.4. The maximum atomic E-state index is 12.9. The maximum absolute atomic E-state index is 12.9. The number of aromatic nitrogens is 1. The maximum Gasteiger partial charge on any atom is 0.199 e. The lowest BCUT2D eigenvalue weighted by molar-refractivity contribution is 0.103. The highest BCUT2D eigenvalue weighted by atomic mass is 16.5. The Morgan fingerprint density at radius 3 is 2.71 bits per heavy atom. The largest absolute Gasteiger partial charge is 0.486 e. The van der Waals surface area contributed by atoms with E-state index in [0.717, 1.165) is 16.5 Å². The minimum atomic E-state index is -0.00569. The molecule has 0 fully saturated rings. The molecule has 0 saturated heterocycles. The van der Waals surface area contributed by atoms with E-state index in [4.69, 9.17) is 4.74 Å². The fourth-order valence-electron chi connectivity index (χ4n) is 2.91. The van der Waals surface area contributed by atoms with E-state index in [0.29, 0.717) is 29.2 Å². The molecule has 2 aromatic carbocycles. The highest BCUT2D eigenvalue weighted by Gasteiger charge is 2.25. The second-order valence-corrected chi connectivity index (χ2v) is 5.19. The van der Waals surface area contributed by atoms with Gasteiger partial charge in [-0.3, -0.25) is 4.79 Å². The summed E-state index contributed by atoms with van der Waals surface area (Å²) in [7, 11) is 0. The Kier molecular flexibility index (Phi) is 2.54. The molecule has 1 aromatic heterocycles. The summed E-state index contributed by atoms with van der Waals surface area (Å²) in [6, 6.07) is 15.3. The van der Waals surface area contributed by atoms with Crippen molar-refractivity contribution in [2.45, 2.75) is 13.5 Å². The van der Waals surface area contributed by atoms with E-state index in [-0.39, 0.29) is 5.78 Å². The first-order valence-electron chi connectivity index (χ1n) is 6.90. The van der Waals surface area contributed by atoms with Crippen LogP contribution in [0.5, 0.6) is 5.75 Å². The molecule has 3 nitrogen and oxygen atoms in total. The molecule has 102 valence electrons. The number of hydrogen-bond acceptors (Lipinski definition) is 3. The normalized spacial score (nSPS) is 13.3. The first-order chi connectivity index (χ1) is 10.3. The zero-order valence-corrected chi connectivity index (χ0v) is 11.6. The van der Waals surface area contributed by atoms with Crippen molar-refractivity contribution in [3.8, 4) is 5.75 Å². The summed E-state index contributed by atoms with van der Waals surface area (Å²) in [6.45, 7) is 2.30. The van der Waals surface area contributed by atoms with E-state index in [2.05, 4.69) is 4.98 Å². The molecule has 2 heterocycles. The molecule has 0 spiro atoms. The van der Waals surface area contributed by atoms with Crippen LogP contribution in [0.25, 0.3) is 10.9 Å².